The third kappa shape index (κ3) is 1.66. The predicted molar refractivity (Wildman–Crippen MR) is 86.7 cm³/mol. The van der Waals surface area contributed by atoms with E-state index in [1.807, 2.05) is 24.3 Å². The molecule has 2 N–H and O–H groups in total. The second-order valence-corrected chi connectivity index (χ2v) is 5.97. The summed E-state index contributed by atoms with van der Waals surface area (Å²) < 4.78 is 2.39. The minimum atomic E-state index is -1.43. The molecule has 96 valence electrons. The first kappa shape index (κ1) is 11.9. The summed E-state index contributed by atoms with van der Waals surface area (Å²) in [6.07, 6.45) is 0. The molecule has 0 fully saturated rings. The highest BCUT2D eigenvalue weighted by Crippen LogP contribution is 2.37. The number of benzene rings is 3. The molecule has 0 spiro atoms. The lowest BCUT2D eigenvalue weighted by Crippen LogP contribution is -2.29. The lowest BCUT2D eigenvalue weighted by Gasteiger charge is -2.02. The molecule has 0 radical (unpaired) electrons. The van der Waals surface area contributed by atoms with Gasteiger partial charge in [-0.3, -0.25) is 0 Å². The molecular formula is C16H11BO2S. The molecule has 0 unspecified atom stereocenters. The Morgan fingerprint density at radius 1 is 0.800 bits per heavy atom. The van der Waals surface area contributed by atoms with Gasteiger partial charge in [-0.1, -0.05) is 42.5 Å². The van der Waals surface area contributed by atoms with E-state index in [1.165, 1.54) is 25.6 Å². The summed E-state index contributed by atoms with van der Waals surface area (Å²) in [5.41, 5.74) is 0.533. The first-order valence-corrected chi connectivity index (χ1v) is 7.26. The van der Waals surface area contributed by atoms with Crippen LogP contribution in [0.15, 0.2) is 54.6 Å². The van der Waals surface area contributed by atoms with Crippen LogP contribution in [-0.4, -0.2) is 17.2 Å². The van der Waals surface area contributed by atoms with Crippen molar-refractivity contribution in [1.29, 1.82) is 0 Å². The van der Waals surface area contributed by atoms with Crippen LogP contribution in [0.25, 0.3) is 30.9 Å². The van der Waals surface area contributed by atoms with Gasteiger partial charge in [0, 0.05) is 20.2 Å². The molecule has 0 saturated carbocycles. The number of hydrogen-bond donors (Lipinski definition) is 2. The Morgan fingerprint density at radius 2 is 1.60 bits per heavy atom. The molecule has 0 bridgehead atoms. The highest BCUT2D eigenvalue weighted by atomic mass is 32.1. The Morgan fingerprint density at radius 3 is 2.45 bits per heavy atom. The fourth-order valence-electron chi connectivity index (χ4n) is 2.73. The van der Waals surface area contributed by atoms with Crippen molar-refractivity contribution in [3.8, 4) is 0 Å². The van der Waals surface area contributed by atoms with Crippen LogP contribution < -0.4 is 5.46 Å². The fraction of sp³-hybridized carbons (Fsp3) is 0. The molecule has 0 aliphatic heterocycles. The molecule has 0 aliphatic rings. The predicted octanol–water partition coefficient (Wildman–Crippen LogP) is 2.89. The Labute approximate surface area is 120 Å². The third-order valence-corrected chi connectivity index (χ3v) is 4.82. The Bertz CT molecular complexity index is 943. The highest BCUT2D eigenvalue weighted by Gasteiger charge is 2.14. The van der Waals surface area contributed by atoms with Gasteiger partial charge in [0.05, 0.1) is 0 Å². The number of rotatable bonds is 1. The molecule has 0 atom stereocenters. The summed E-state index contributed by atoms with van der Waals surface area (Å²) in [7, 11) is -1.43. The van der Waals surface area contributed by atoms with Crippen molar-refractivity contribution in [2.75, 3.05) is 0 Å². The maximum absolute atomic E-state index is 9.36. The van der Waals surface area contributed by atoms with Crippen molar-refractivity contribution in [2.45, 2.75) is 0 Å². The average Bonchev–Trinajstić information content (AvgIpc) is 2.85. The minimum Gasteiger partial charge on any atom is -0.423 e. The van der Waals surface area contributed by atoms with Gasteiger partial charge in [-0.15, -0.1) is 11.3 Å². The van der Waals surface area contributed by atoms with E-state index in [0.29, 0.717) is 5.46 Å². The summed E-state index contributed by atoms with van der Waals surface area (Å²) in [5.74, 6) is 0. The SMILES string of the molecule is OB(O)c1ccc2sc3ccc4ccccc4c3c2c1. The van der Waals surface area contributed by atoms with Crippen LogP contribution >= 0.6 is 11.3 Å². The van der Waals surface area contributed by atoms with E-state index in [-0.39, 0.29) is 0 Å². The van der Waals surface area contributed by atoms with Gasteiger partial charge in [0.2, 0.25) is 0 Å². The van der Waals surface area contributed by atoms with Crippen LogP contribution in [0.5, 0.6) is 0 Å². The van der Waals surface area contributed by atoms with E-state index in [0.717, 1.165) is 5.39 Å². The van der Waals surface area contributed by atoms with Gasteiger partial charge in [-0.2, -0.15) is 0 Å². The molecule has 4 aromatic rings. The largest absolute Gasteiger partial charge is 0.488 e. The van der Waals surface area contributed by atoms with Crippen molar-refractivity contribution in [3.05, 3.63) is 54.6 Å². The molecular weight excluding hydrogens is 267 g/mol. The summed E-state index contributed by atoms with van der Waals surface area (Å²) in [4.78, 5) is 0. The number of fused-ring (bicyclic) bond motifs is 5. The van der Waals surface area contributed by atoms with Crippen molar-refractivity contribution in [1.82, 2.24) is 0 Å². The smallest absolute Gasteiger partial charge is 0.423 e. The zero-order chi connectivity index (χ0) is 13.7. The molecule has 4 heteroatoms. The molecule has 0 amide bonds. The molecule has 20 heavy (non-hydrogen) atoms. The second-order valence-electron chi connectivity index (χ2n) is 4.89. The third-order valence-electron chi connectivity index (χ3n) is 3.68. The van der Waals surface area contributed by atoms with E-state index < -0.39 is 7.12 Å². The first-order chi connectivity index (χ1) is 9.74. The molecule has 4 rings (SSSR count). The van der Waals surface area contributed by atoms with Crippen LogP contribution in [-0.2, 0) is 0 Å². The maximum atomic E-state index is 9.36. The lowest BCUT2D eigenvalue weighted by molar-refractivity contribution is 0.426. The van der Waals surface area contributed by atoms with Crippen molar-refractivity contribution < 1.29 is 10.0 Å². The number of hydrogen-bond acceptors (Lipinski definition) is 3. The van der Waals surface area contributed by atoms with Gasteiger partial charge in [-0.25, -0.2) is 0 Å². The molecule has 1 aromatic heterocycles. The van der Waals surface area contributed by atoms with Crippen LogP contribution in [0.1, 0.15) is 0 Å². The van der Waals surface area contributed by atoms with E-state index >= 15 is 0 Å². The number of thiophene rings is 1. The molecule has 1 heterocycles. The molecule has 0 saturated heterocycles. The van der Waals surface area contributed by atoms with Crippen molar-refractivity contribution in [3.63, 3.8) is 0 Å². The first-order valence-electron chi connectivity index (χ1n) is 6.44. The zero-order valence-electron chi connectivity index (χ0n) is 10.6. The van der Waals surface area contributed by atoms with Gasteiger partial charge < -0.3 is 10.0 Å². The highest BCUT2D eigenvalue weighted by molar-refractivity contribution is 7.26. The van der Waals surface area contributed by atoms with Gasteiger partial charge >= 0.3 is 7.12 Å². The van der Waals surface area contributed by atoms with Gasteiger partial charge in [-0.05, 0) is 28.4 Å². The van der Waals surface area contributed by atoms with Crippen molar-refractivity contribution >= 4 is 54.9 Å². The summed E-state index contributed by atoms with van der Waals surface area (Å²) in [5, 5.41) is 23.4. The molecule has 2 nitrogen and oxygen atoms in total. The monoisotopic (exact) mass is 278 g/mol. The summed E-state index contributed by atoms with van der Waals surface area (Å²) >= 11 is 1.73. The Hall–Kier alpha value is -1.88. The van der Waals surface area contributed by atoms with Gasteiger partial charge in [0.15, 0.2) is 0 Å². The van der Waals surface area contributed by atoms with Crippen molar-refractivity contribution in [2.24, 2.45) is 0 Å². The lowest BCUT2D eigenvalue weighted by atomic mass is 9.80. The molecule has 0 aliphatic carbocycles. The standard InChI is InChI=1S/C16H11BO2S/c18-17(19)11-6-8-14-13(9-11)16-12-4-2-1-3-10(12)5-7-15(16)20-14/h1-9,18-19H. The topological polar surface area (TPSA) is 40.5 Å². The van der Waals surface area contributed by atoms with Crippen LogP contribution in [0.2, 0.25) is 0 Å². The van der Waals surface area contributed by atoms with E-state index in [9.17, 15) is 10.0 Å². The Balaban J connectivity index is 2.22. The zero-order valence-corrected chi connectivity index (χ0v) is 11.4. The quantitative estimate of drug-likeness (QED) is 0.526. The van der Waals surface area contributed by atoms with Gasteiger partial charge in [0.25, 0.3) is 0 Å². The van der Waals surface area contributed by atoms with Crippen LogP contribution in [0.4, 0.5) is 0 Å². The normalized spacial score (nSPS) is 11.5. The van der Waals surface area contributed by atoms with Crippen LogP contribution in [0.3, 0.4) is 0 Å². The minimum absolute atomic E-state index is 0.533. The summed E-state index contributed by atoms with van der Waals surface area (Å²) in [6, 6.07) is 18.2. The van der Waals surface area contributed by atoms with E-state index in [2.05, 4.69) is 24.3 Å². The molecule has 3 aromatic carbocycles. The average molecular weight is 278 g/mol. The van der Waals surface area contributed by atoms with Crippen LogP contribution in [0, 0.1) is 0 Å². The maximum Gasteiger partial charge on any atom is 0.488 e. The van der Waals surface area contributed by atoms with E-state index in [1.54, 1.807) is 17.4 Å². The van der Waals surface area contributed by atoms with Gasteiger partial charge in [0.1, 0.15) is 0 Å². The van der Waals surface area contributed by atoms with E-state index in [4.69, 9.17) is 0 Å². The Kier molecular flexibility index (Phi) is 2.57. The second kappa shape index (κ2) is 4.31. The fourth-order valence-corrected chi connectivity index (χ4v) is 3.83. The summed E-state index contributed by atoms with van der Waals surface area (Å²) in [6.45, 7) is 0.